The number of aromatic nitrogens is 1. The van der Waals surface area contributed by atoms with Gasteiger partial charge in [0.1, 0.15) is 0 Å². The molecule has 1 aromatic carbocycles. The highest BCUT2D eigenvalue weighted by atomic mass is 35.5. The van der Waals surface area contributed by atoms with E-state index >= 15 is 0 Å². The Kier molecular flexibility index (Phi) is 3.54. The molecule has 2 N–H and O–H groups in total. The molecule has 2 rings (SSSR count). The lowest BCUT2D eigenvalue weighted by Crippen LogP contribution is -2.13. The van der Waals surface area contributed by atoms with Crippen LogP contribution >= 0.6 is 11.6 Å². The fourth-order valence-electron chi connectivity index (χ4n) is 1.63. The fourth-order valence-corrected chi connectivity index (χ4v) is 1.83. The first-order chi connectivity index (χ1) is 7.75. The van der Waals surface area contributed by atoms with Gasteiger partial charge in [-0.25, -0.2) is 0 Å². The van der Waals surface area contributed by atoms with E-state index < -0.39 is 0 Å². The Morgan fingerprint density at radius 1 is 1.25 bits per heavy atom. The van der Waals surface area contributed by atoms with Crippen molar-refractivity contribution >= 4 is 11.6 Å². The summed E-state index contributed by atoms with van der Waals surface area (Å²) in [7, 11) is 0. The number of hydrogen-bond acceptors (Lipinski definition) is 2. The molecule has 0 aliphatic carbocycles. The lowest BCUT2D eigenvalue weighted by molar-refractivity contribution is 0.720. The third kappa shape index (κ3) is 2.81. The molecule has 3 heteroatoms. The molecule has 0 spiro atoms. The summed E-state index contributed by atoms with van der Waals surface area (Å²) in [5.74, 6) is 0. The Balaban J connectivity index is 2.12. The maximum atomic E-state index is 6.11. The predicted molar refractivity (Wildman–Crippen MR) is 66.3 cm³/mol. The summed E-state index contributed by atoms with van der Waals surface area (Å²) in [4.78, 5) is 4.07. The summed E-state index contributed by atoms with van der Waals surface area (Å²) in [6.07, 6.45) is 4.37. The van der Waals surface area contributed by atoms with Gasteiger partial charge >= 0.3 is 0 Å². The number of halogens is 1. The molecule has 0 amide bonds. The van der Waals surface area contributed by atoms with Crippen molar-refractivity contribution in [2.24, 2.45) is 5.73 Å². The smallest absolute Gasteiger partial charge is 0.0409 e. The normalized spacial score (nSPS) is 12.4. The van der Waals surface area contributed by atoms with Gasteiger partial charge in [0.2, 0.25) is 0 Å². The maximum absolute atomic E-state index is 6.11. The highest BCUT2D eigenvalue weighted by Crippen LogP contribution is 2.19. The third-order valence-electron chi connectivity index (χ3n) is 2.46. The van der Waals surface area contributed by atoms with Crippen molar-refractivity contribution in [1.82, 2.24) is 4.98 Å². The monoisotopic (exact) mass is 232 g/mol. The van der Waals surface area contributed by atoms with Crippen molar-refractivity contribution in [3.8, 4) is 0 Å². The number of nitrogens with two attached hydrogens (primary N) is 1. The van der Waals surface area contributed by atoms with Gasteiger partial charge in [0.25, 0.3) is 0 Å². The molecule has 0 radical (unpaired) electrons. The van der Waals surface area contributed by atoms with Gasteiger partial charge < -0.3 is 5.73 Å². The van der Waals surface area contributed by atoms with Crippen molar-refractivity contribution in [2.45, 2.75) is 12.5 Å². The van der Waals surface area contributed by atoms with Crippen molar-refractivity contribution in [3.05, 3.63) is 64.9 Å². The second-order valence-electron chi connectivity index (χ2n) is 3.73. The van der Waals surface area contributed by atoms with Gasteiger partial charge in [-0.3, -0.25) is 4.98 Å². The quantitative estimate of drug-likeness (QED) is 0.884. The van der Waals surface area contributed by atoms with Crippen LogP contribution in [0.1, 0.15) is 17.2 Å². The van der Waals surface area contributed by atoms with Crippen molar-refractivity contribution < 1.29 is 0 Å². The van der Waals surface area contributed by atoms with Gasteiger partial charge in [-0.05, 0) is 35.7 Å². The van der Waals surface area contributed by atoms with Crippen LogP contribution < -0.4 is 5.73 Å². The second kappa shape index (κ2) is 5.10. The molecule has 2 nitrogen and oxygen atoms in total. The number of pyridine rings is 1. The summed E-state index contributed by atoms with van der Waals surface area (Å²) in [5.41, 5.74) is 8.30. The van der Waals surface area contributed by atoms with Gasteiger partial charge in [0.05, 0.1) is 0 Å². The summed E-state index contributed by atoms with van der Waals surface area (Å²) in [6, 6.07) is 11.6. The molecule has 2 aromatic rings. The van der Waals surface area contributed by atoms with Crippen LogP contribution in [-0.2, 0) is 6.42 Å². The molecule has 82 valence electrons. The summed E-state index contributed by atoms with van der Waals surface area (Å²) in [5, 5.41) is 0.721. The zero-order valence-corrected chi connectivity index (χ0v) is 9.56. The SMILES string of the molecule is NC(Cc1cccnc1)c1cccc(Cl)c1. The van der Waals surface area contributed by atoms with E-state index in [1.54, 1.807) is 6.20 Å². The molecule has 1 aromatic heterocycles. The number of rotatable bonds is 3. The van der Waals surface area contributed by atoms with E-state index in [9.17, 15) is 0 Å². The highest BCUT2D eigenvalue weighted by molar-refractivity contribution is 6.30. The predicted octanol–water partition coefficient (Wildman–Crippen LogP) is 2.98. The first-order valence-corrected chi connectivity index (χ1v) is 5.53. The molecular weight excluding hydrogens is 220 g/mol. The van der Waals surface area contributed by atoms with Crippen molar-refractivity contribution in [3.63, 3.8) is 0 Å². The van der Waals surface area contributed by atoms with E-state index in [0.29, 0.717) is 0 Å². The highest BCUT2D eigenvalue weighted by Gasteiger charge is 2.07. The van der Waals surface area contributed by atoms with E-state index in [1.807, 2.05) is 42.6 Å². The van der Waals surface area contributed by atoms with E-state index in [2.05, 4.69) is 4.98 Å². The van der Waals surface area contributed by atoms with Crippen LogP contribution in [0.2, 0.25) is 5.02 Å². The van der Waals surface area contributed by atoms with Crippen LogP contribution in [0.3, 0.4) is 0 Å². The zero-order chi connectivity index (χ0) is 11.4. The molecule has 0 bridgehead atoms. The molecule has 16 heavy (non-hydrogen) atoms. The minimum atomic E-state index is -0.0390. The Labute approximate surface area is 100 Å². The van der Waals surface area contributed by atoms with Gasteiger partial charge in [-0.2, -0.15) is 0 Å². The topological polar surface area (TPSA) is 38.9 Å². The summed E-state index contributed by atoms with van der Waals surface area (Å²) < 4.78 is 0. The Bertz CT molecular complexity index is 456. The van der Waals surface area contributed by atoms with Crippen LogP contribution in [0.5, 0.6) is 0 Å². The minimum absolute atomic E-state index is 0.0390. The summed E-state index contributed by atoms with van der Waals surface area (Å²) in [6.45, 7) is 0. The Morgan fingerprint density at radius 2 is 2.12 bits per heavy atom. The second-order valence-corrected chi connectivity index (χ2v) is 4.16. The van der Waals surface area contributed by atoms with Crippen LogP contribution in [0.25, 0.3) is 0 Å². The van der Waals surface area contributed by atoms with Gasteiger partial charge in [-0.1, -0.05) is 29.8 Å². The molecular formula is C13H13ClN2. The van der Waals surface area contributed by atoms with E-state index in [-0.39, 0.29) is 6.04 Å². The fraction of sp³-hybridized carbons (Fsp3) is 0.154. The zero-order valence-electron chi connectivity index (χ0n) is 8.81. The molecule has 1 unspecified atom stereocenters. The van der Waals surface area contributed by atoms with Crippen LogP contribution in [0.4, 0.5) is 0 Å². The molecule has 1 heterocycles. The van der Waals surface area contributed by atoms with Gasteiger partial charge in [-0.15, -0.1) is 0 Å². The Hall–Kier alpha value is -1.38. The largest absolute Gasteiger partial charge is 0.324 e. The summed E-state index contributed by atoms with van der Waals surface area (Å²) >= 11 is 5.92. The van der Waals surface area contributed by atoms with Crippen LogP contribution in [0, 0.1) is 0 Å². The molecule has 1 atom stereocenters. The average Bonchev–Trinajstić information content (AvgIpc) is 2.30. The number of nitrogens with zero attached hydrogens (tertiary/aromatic N) is 1. The minimum Gasteiger partial charge on any atom is -0.324 e. The molecule has 0 saturated carbocycles. The Morgan fingerprint density at radius 3 is 2.81 bits per heavy atom. The number of benzene rings is 1. The molecule has 0 aliphatic rings. The molecule has 0 fully saturated rings. The average molecular weight is 233 g/mol. The van der Waals surface area contributed by atoms with E-state index in [1.165, 1.54) is 0 Å². The lowest BCUT2D eigenvalue weighted by atomic mass is 10.0. The standard InChI is InChI=1S/C13H13ClN2/c14-12-5-1-4-11(8-12)13(15)7-10-3-2-6-16-9-10/h1-6,8-9,13H,7,15H2. The maximum Gasteiger partial charge on any atom is 0.0409 e. The van der Waals surface area contributed by atoms with Crippen LogP contribution in [-0.4, -0.2) is 4.98 Å². The lowest BCUT2D eigenvalue weighted by Gasteiger charge is -2.11. The molecule has 0 saturated heterocycles. The molecule has 0 aliphatic heterocycles. The van der Waals surface area contributed by atoms with Gasteiger partial charge in [0, 0.05) is 23.5 Å². The van der Waals surface area contributed by atoms with Crippen LogP contribution in [0.15, 0.2) is 48.8 Å². The van der Waals surface area contributed by atoms with Crippen molar-refractivity contribution in [1.29, 1.82) is 0 Å². The number of hydrogen-bond donors (Lipinski definition) is 1. The van der Waals surface area contributed by atoms with Crippen molar-refractivity contribution in [2.75, 3.05) is 0 Å². The van der Waals surface area contributed by atoms with E-state index in [0.717, 1.165) is 22.6 Å². The third-order valence-corrected chi connectivity index (χ3v) is 2.69. The first kappa shape index (κ1) is 11.1. The first-order valence-electron chi connectivity index (χ1n) is 5.15. The van der Waals surface area contributed by atoms with Gasteiger partial charge in [0.15, 0.2) is 0 Å². The van der Waals surface area contributed by atoms with E-state index in [4.69, 9.17) is 17.3 Å².